The molecule has 3 aromatic heterocycles. The molecule has 1 amide bonds. The van der Waals surface area contributed by atoms with Crippen LogP contribution in [-0.4, -0.2) is 39.6 Å². The van der Waals surface area contributed by atoms with Gasteiger partial charge in [-0.3, -0.25) is 14.0 Å². The van der Waals surface area contributed by atoms with Gasteiger partial charge in [0.15, 0.2) is 0 Å². The first-order valence-electron chi connectivity index (χ1n) is 12.1. The molecule has 3 heterocycles. The SMILES string of the molecule is COc1cc2nc(F)c(CNCC34CC(F)(C3)C4)cc2cc1CNC(=O)c1cc(=O)n2ccccc2n1. The Morgan fingerprint density at radius 1 is 1.11 bits per heavy atom. The lowest BCUT2D eigenvalue weighted by Gasteiger charge is -2.66. The molecule has 8 nitrogen and oxygen atoms in total. The predicted molar refractivity (Wildman–Crippen MR) is 133 cm³/mol. The topological polar surface area (TPSA) is 97.6 Å². The molecular formula is C27H25F2N5O3. The first-order valence-corrected chi connectivity index (χ1v) is 12.1. The van der Waals surface area contributed by atoms with E-state index >= 15 is 0 Å². The number of halogens is 2. The Balaban J connectivity index is 1.19. The minimum Gasteiger partial charge on any atom is -0.496 e. The van der Waals surface area contributed by atoms with E-state index in [-0.39, 0.29) is 29.8 Å². The summed E-state index contributed by atoms with van der Waals surface area (Å²) < 4.78 is 35.2. The van der Waals surface area contributed by atoms with Gasteiger partial charge < -0.3 is 15.4 Å². The van der Waals surface area contributed by atoms with Crippen molar-refractivity contribution in [1.82, 2.24) is 25.0 Å². The van der Waals surface area contributed by atoms with E-state index in [0.29, 0.717) is 59.2 Å². The van der Waals surface area contributed by atoms with Crippen LogP contribution in [0.25, 0.3) is 16.6 Å². The summed E-state index contributed by atoms with van der Waals surface area (Å²) in [4.78, 5) is 33.4. The number of benzene rings is 1. The van der Waals surface area contributed by atoms with Crippen LogP contribution in [0.4, 0.5) is 8.78 Å². The zero-order valence-corrected chi connectivity index (χ0v) is 20.2. The number of pyridine rings is 2. The molecule has 0 spiro atoms. The lowest BCUT2D eigenvalue weighted by Crippen LogP contribution is -2.67. The van der Waals surface area contributed by atoms with E-state index in [1.807, 2.05) is 0 Å². The minimum atomic E-state index is -0.955. The van der Waals surface area contributed by atoms with Crippen molar-refractivity contribution >= 4 is 22.5 Å². The first-order chi connectivity index (χ1) is 17.8. The molecule has 0 saturated heterocycles. The van der Waals surface area contributed by atoms with E-state index in [4.69, 9.17) is 4.74 Å². The molecule has 3 fully saturated rings. The van der Waals surface area contributed by atoms with Crippen LogP contribution in [0.3, 0.4) is 0 Å². The van der Waals surface area contributed by atoms with Crippen molar-refractivity contribution < 1.29 is 18.3 Å². The summed E-state index contributed by atoms with van der Waals surface area (Å²) in [7, 11) is 1.49. The Hall–Kier alpha value is -3.92. The van der Waals surface area contributed by atoms with Gasteiger partial charge in [-0.15, -0.1) is 0 Å². The van der Waals surface area contributed by atoms with Crippen LogP contribution in [0.5, 0.6) is 5.75 Å². The molecule has 0 radical (unpaired) electrons. The number of amides is 1. The highest BCUT2D eigenvalue weighted by atomic mass is 19.1. The average molecular weight is 506 g/mol. The van der Waals surface area contributed by atoms with Crippen LogP contribution in [0.2, 0.25) is 0 Å². The number of carbonyl (C=O) groups is 1. The van der Waals surface area contributed by atoms with E-state index in [2.05, 4.69) is 20.6 Å². The summed E-state index contributed by atoms with van der Waals surface area (Å²) >= 11 is 0. The smallest absolute Gasteiger partial charge is 0.270 e. The number of hydrogen-bond donors (Lipinski definition) is 2. The van der Waals surface area contributed by atoms with E-state index in [1.54, 1.807) is 42.6 Å². The fraction of sp³-hybridized carbons (Fsp3) is 0.333. The normalized spacial score (nSPS) is 21.9. The van der Waals surface area contributed by atoms with Crippen molar-refractivity contribution in [3.63, 3.8) is 0 Å². The molecule has 7 rings (SSSR count). The van der Waals surface area contributed by atoms with E-state index in [9.17, 15) is 18.4 Å². The molecule has 0 aliphatic heterocycles. The minimum absolute atomic E-state index is 0.00968. The van der Waals surface area contributed by atoms with Crippen LogP contribution < -0.4 is 20.9 Å². The quantitative estimate of drug-likeness (QED) is 0.357. The third kappa shape index (κ3) is 4.21. The molecule has 190 valence electrons. The molecule has 3 saturated carbocycles. The lowest BCUT2D eigenvalue weighted by molar-refractivity contribution is -0.209. The highest BCUT2D eigenvalue weighted by Crippen LogP contribution is 2.69. The maximum absolute atomic E-state index is 14.7. The van der Waals surface area contributed by atoms with Crippen LogP contribution in [0.15, 0.2) is 53.5 Å². The second-order valence-electron chi connectivity index (χ2n) is 10.2. The maximum atomic E-state index is 14.7. The average Bonchev–Trinajstić information content (AvgIpc) is 2.85. The highest BCUT2D eigenvalue weighted by molar-refractivity contribution is 5.92. The number of rotatable bonds is 8. The van der Waals surface area contributed by atoms with Crippen molar-refractivity contribution in [2.75, 3.05) is 13.7 Å². The highest BCUT2D eigenvalue weighted by Gasteiger charge is 2.68. The van der Waals surface area contributed by atoms with E-state index in [1.165, 1.54) is 17.6 Å². The number of fused-ring (bicyclic) bond motifs is 2. The number of alkyl halides is 1. The van der Waals surface area contributed by atoms with Gasteiger partial charge in [0, 0.05) is 54.5 Å². The lowest BCUT2D eigenvalue weighted by atomic mass is 9.42. The molecule has 3 aliphatic rings. The molecule has 0 atom stereocenters. The third-order valence-electron chi connectivity index (χ3n) is 7.38. The van der Waals surface area contributed by atoms with Gasteiger partial charge in [0.25, 0.3) is 11.5 Å². The van der Waals surface area contributed by atoms with Crippen LogP contribution in [0.1, 0.15) is 40.9 Å². The van der Waals surface area contributed by atoms with Crippen molar-refractivity contribution in [2.45, 2.75) is 38.0 Å². The van der Waals surface area contributed by atoms with Gasteiger partial charge >= 0.3 is 0 Å². The Morgan fingerprint density at radius 3 is 2.65 bits per heavy atom. The third-order valence-corrected chi connectivity index (χ3v) is 7.38. The number of hydrogen-bond acceptors (Lipinski definition) is 6. The first kappa shape index (κ1) is 23.5. The van der Waals surface area contributed by atoms with Gasteiger partial charge in [-0.1, -0.05) is 6.07 Å². The fourth-order valence-corrected chi connectivity index (χ4v) is 5.67. The van der Waals surface area contributed by atoms with Crippen LogP contribution in [-0.2, 0) is 13.1 Å². The zero-order valence-electron chi connectivity index (χ0n) is 20.2. The Labute approximate surface area is 210 Å². The number of nitrogens with zero attached hydrogens (tertiary/aromatic N) is 3. The van der Waals surface area contributed by atoms with E-state index < -0.39 is 17.5 Å². The number of carbonyl (C=O) groups excluding carboxylic acids is 1. The molecule has 2 N–H and O–H groups in total. The van der Waals surface area contributed by atoms with E-state index in [0.717, 1.165) is 0 Å². The summed E-state index contributed by atoms with van der Waals surface area (Å²) in [5.41, 5.74) is 0.599. The number of nitrogens with one attached hydrogen (secondary N) is 2. The van der Waals surface area contributed by atoms with Gasteiger partial charge in [0.1, 0.15) is 22.8 Å². The zero-order chi connectivity index (χ0) is 25.8. The van der Waals surface area contributed by atoms with Crippen molar-refractivity contribution in [3.05, 3.63) is 81.8 Å². The molecule has 37 heavy (non-hydrogen) atoms. The molecule has 4 aromatic rings. The van der Waals surface area contributed by atoms with Crippen molar-refractivity contribution in [1.29, 1.82) is 0 Å². The summed E-state index contributed by atoms with van der Waals surface area (Å²) in [6.45, 7) is 1.05. The van der Waals surface area contributed by atoms with Gasteiger partial charge in [-0.25, -0.2) is 14.4 Å². The molecule has 3 aliphatic carbocycles. The van der Waals surface area contributed by atoms with Gasteiger partial charge in [0.2, 0.25) is 5.95 Å². The molecule has 10 heteroatoms. The van der Waals surface area contributed by atoms with Gasteiger partial charge in [-0.2, -0.15) is 4.39 Å². The van der Waals surface area contributed by atoms with Gasteiger partial charge in [0.05, 0.1) is 12.6 Å². The Morgan fingerprint density at radius 2 is 1.89 bits per heavy atom. The standard InChI is InChI=1S/C27H25F2N5O3/c1-37-21-8-19-16(7-18(24(28)33-19)10-30-15-26-12-27(29,13-26)14-26)6-17(21)11-31-25(36)20-9-23(35)34-5-3-2-4-22(34)32-20/h2-9,30H,10-15H2,1H3,(H,31,36). The number of ether oxygens (including phenoxy) is 1. The summed E-state index contributed by atoms with van der Waals surface area (Å²) in [6, 6.07) is 11.4. The second-order valence-corrected chi connectivity index (χ2v) is 10.2. The second kappa shape index (κ2) is 8.58. The summed E-state index contributed by atoms with van der Waals surface area (Å²) in [5, 5.41) is 6.72. The molecular weight excluding hydrogens is 480 g/mol. The number of aromatic nitrogens is 3. The van der Waals surface area contributed by atoms with Crippen LogP contribution in [0, 0.1) is 11.4 Å². The largest absolute Gasteiger partial charge is 0.496 e. The van der Waals surface area contributed by atoms with Crippen molar-refractivity contribution in [3.8, 4) is 5.75 Å². The summed E-state index contributed by atoms with van der Waals surface area (Å²) in [5.74, 6) is -0.631. The molecule has 1 aromatic carbocycles. The fourth-order valence-electron chi connectivity index (χ4n) is 5.67. The Kier molecular flexibility index (Phi) is 5.45. The van der Waals surface area contributed by atoms with Crippen molar-refractivity contribution in [2.24, 2.45) is 5.41 Å². The molecule has 0 unspecified atom stereocenters. The van der Waals surface area contributed by atoms with Gasteiger partial charge in [-0.05, 0) is 48.9 Å². The summed E-state index contributed by atoms with van der Waals surface area (Å²) in [6.07, 6.45) is 3.35. The molecule has 2 bridgehead atoms. The maximum Gasteiger partial charge on any atom is 0.270 e. The monoisotopic (exact) mass is 505 g/mol. The number of methoxy groups -OCH3 is 1. The van der Waals surface area contributed by atoms with Crippen LogP contribution >= 0.6 is 0 Å². The predicted octanol–water partition coefficient (Wildman–Crippen LogP) is 3.30. The Bertz CT molecular complexity index is 1600.